The molecule has 1 unspecified atom stereocenters. The Bertz CT molecular complexity index is 395. The number of benzene rings is 1. The molecule has 0 aliphatic carbocycles. The van der Waals surface area contributed by atoms with E-state index in [-0.39, 0.29) is 6.10 Å². The van der Waals surface area contributed by atoms with Crippen molar-refractivity contribution in [2.75, 3.05) is 13.2 Å². The minimum atomic E-state index is -0.289. The van der Waals surface area contributed by atoms with Gasteiger partial charge in [-0.1, -0.05) is 18.5 Å². The summed E-state index contributed by atoms with van der Waals surface area (Å²) in [6, 6.07) is 3.89. The van der Waals surface area contributed by atoms with Crippen LogP contribution in [0, 0.1) is 0 Å². The fraction of sp³-hybridized carbons (Fsp3) is 0.538. The van der Waals surface area contributed by atoms with Gasteiger partial charge in [0.2, 0.25) is 0 Å². The quantitative estimate of drug-likeness (QED) is 0.847. The first-order chi connectivity index (χ1) is 8.20. The number of hydrogen-bond donors (Lipinski definition) is 2. The van der Waals surface area contributed by atoms with Crippen molar-refractivity contribution in [3.63, 3.8) is 0 Å². The zero-order valence-electron chi connectivity index (χ0n) is 10.0. The third kappa shape index (κ3) is 3.12. The Hall–Kier alpha value is -0.770. The monoisotopic (exact) mass is 255 g/mol. The minimum Gasteiger partial charge on any atom is -0.493 e. The summed E-state index contributed by atoms with van der Waals surface area (Å²) >= 11 is 6.06. The lowest BCUT2D eigenvalue weighted by molar-refractivity contribution is 0.167. The maximum Gasteiger partial charge on any atom is 0.127 e. The van der Waals surface area contributed by atoms with E-state index < -0.39 is 0 Å². The number of ether oxygens (including phenoxy) is 1. The van der Waals surface area contributed by atoms with Crippen LogP contribution in [0.25, 0.3) is 0 Å². The van der Waals surface area contributed by atoms with Crippen molar-refractivity contribution in [2.45, 2.75) is 32.4 Å². The lowest BCUT2D eigenvalue weighted by Gasteiger charge is -2.12. The molecule has 0 saturated carbocycles. The fourth-order valence-electron chi connectivity index (χ4n) is 2.00. The van der Waals surface area contributed by atoms with Gasteiger partial charge < -0.3 is 15.2 Å². The van der Waals surface area contributed by atoms with Crippen LogP contribution in [0.15, 0.2) is 12.1 Å². The van der Waals surface area contributed by atoms with E-state index in [0.29, 0.717) is 13.1 Å². The van der Waals surface area contributed by atoms with Gasteiger partial charge in [0, 0.05) is 30.1 Å². The molecule has 1 atom stereocenters. The van der Waals surface area contributed by atoms with Gasteiger partial charge in [0.15, 0.2) is 0 Å². The molecule has 0 aromatic heterocycles. The summed E-state index contributed by atoms with van der Waals surface area (Å²) in [5.74, 6) is 0.966. The van der Waals surface area contributed by atoms with E-state index in [0.717, 1.165) is 35.8 Å². The van der Waals surface area contributed by atoms with E-state index in [1.54, 1.807) is 0 Å². The first-order valence-electron chi connectivity index (χ1n) is 6.03. The van der Waals surface area contributed by atoms with Crippen LogP contribution in [0.5, 0.6) is 5.75 Å². The molecular formula is C13H18ClNO2. The van der Waals surface area contributed by atoms with Crippen LogP contribution in [0.4, 0.5) is 0 Å². The second-order valence-electron chi connectivity index (χ2n) is 4.34. The SMILES string of the molecule is CCC(O)CNCc1cc(Cl)cc2c1OCC2. The van der Waals surface area contributed by atoms with E-state index >= 15 is 0 Å². The molecule has 2 rings (SSSR count). The summed E-state index contributed by atoms with van der Waals surface area (Å²) < 4.78 is 5.61. The van der Waals surface area contributed by atoms with Gasteiger partial charge in [0.1, 0.15) is 5.75 Å². The Morgan fingerprint density at radius 3 is 3.12 bits per heavy atom. The molecule has 0 saturated heterocycles. The Labute approximate surface area is 107 Å². The van der Waals surface area contributed by atoms with E-state index in [1.165, 1.54) is 5.56 Å². The Balaban J connectivity index is 2.01. The van der Waals surface area contributed by atoms with E-state index in [1.807, 2.05) is 19.1 Å². The van der Waals surface area contributed by atoms with Crippen molar-refractivity contribution < 1.29 is 9.84 Å². The number of hydrogen-bond acceptors (Lipinski definition) is 3. The molecule has 0 bridgehead atoms. The number of aliphatic hydroxyl groups is 1. The van der Waals surface area contributed by atoms with Gasteiger partial charge in [-0.05, 0) is 24.1 Å². The Morgan fingerprint density at radius 2 is 2.35 bits per heavy atom. The molecular weight excluding hydrogens is 238 g/mol. The van der Waals surface area contributed by atoms with Gasteiger partial charge in [-0.3, -0.25) is 0 Å². The van der Waals surface area contributed by atoms with Crippen molar-refractivity contribution in [2.24, 2.45) is 0 Å². The predicted molar refractivity (Wildman–Crippen MR) is 68.7 cm³/mol. The number of aliphatic hydroxyl groups excluding tert-OH is 1. The average molecular weight is 256 g/mol. The van der Waals surface area contributed by atoms with E-state index in [4.69, 9.17) is 16.3 Å². The van der Waals surface area contributed by atoms with Gasteiger partial charge >= 0.3 is 0 Å². The molecule has 17 heavy (non-hydrogen) atoms. The molecule has 0 spiro atoms. The van der Waals surface area contributed by atoms with Crippen LogP contribution in [-0.4, -0.2) is 24.4 Å². The molecule has 0 radical (unpaired) electrons. The predicted octanol–water partition coefficient (Wildman–Crippen LogP) is 2.14. The maximum atomic E-state index is 9.46. The summed E-state index contributed by atoms with van der Waals surface area (Å²) in [4.78, 5) is 0. The average Bonchev–Trinajstić information content (AvgIpc) is 2.76. The molecule has 94 valence electrons. The third-order valence-electron chi connectivity index (χ3n) is 2.99. The Kier molecular flexibility index (Phi) is 4.26. The molecule has 0 fully saturated rings. The van der Waals surface area contributed by atoms with Crippen LogP contribution in [0.2, 0.25) is 5.02 Å². The summed E-state index contributed by atoms with van der Waals surface area (Å²) in [5, 5.41) is 13.4. The third-order valence-corrected chi connectivity index (χ3v) is 3.21. The van der Waals surface area contributed by atoms with Gasteiger partial charge in [-0.15, -0.1) is 0 Å². The van der Waals surface area contributed by atoms with Crippen molar-refractivity contribution in [1.82, 2.24) is 5.32 Å². The first-order valence-corrected chi connectivity index (χ1v) is 6.41. The highest BCUT2D eigenvalue weighted by atomic mass is 35.5. The fourth-order valence-corrected chi connectivity index (χ4v) is 2.26. The summed E-state index contributed by atoms with van der Waals surface area (Å²) in [6.45, 7) is 3.98. The zero-order chi connectivity index (χ0) is 12.3. The van der Waals surface area contributed by atoms with Gasteiger partial charge in [0.05, 0.1) is 12.7 Å². The lowest BCUT2D eigenvalue weighted by Crippen LogP contribution is -2.25. The smallest absolute Gasteiger partial charge is 0.127 e. The normalized spacial score (nSPS) is 15.5. The van der Waals surface area contributed by atoms with Crippen LogP contribution in [0.3, 0.4) is 0 Å². The van der Waals surface area contributed by atoms with Gasteiger partial charge in [-0.25, -0.2) is 0 Å². The highest BCUT2D eigenvalue weighted by molar-refractivity contribution is 6.30. The highest BCUT2D eigenvalue weighted by Crippen LogP contribution is 2.32. The summed E-state index contributed by atoms with van der Waals surface area (Å²) in [6.07, 6.45) is 1.40. The van der Waals surface area contributed by atoms with E-state index in [9.17, 15) is 5.11 Å². The lowest BCUT2D eigenvalue weighted by atomic mass is 10.1. The molecule has 1 heterocycles. The molecule has 3 nitrogen and oxygen atoms in total. The van der Waals surface area contributed by atoms with Crippen LogP contribution in [0.1, 0.15) is 24.5 Å². The summed E-state index contributed by atoms with van der Waals surface area (Å²) in [7, 11) is 0. The molecule has 2 N–H and O–H groups in total. The second-order valence-corrected chi connectivity index (χ2v) is 4.78. The maximum absolute atomic E-state index is 9.46. The number of nitrogens with one attached hydrogen (secondary N) is 1. The van der Waals surface area contributed by atoms with E-state index in [2.05, 4.69) is 5.32 Å². The zero-order valence-corrected chi connectivity index (χ0v) is 10.8. The van der Waals surface area contributed by atoms with Crippen molar-refractivity contribution in [3.05, 3.63) is 28.3 Å². The van der Waals surface area contributed by atoms with Crippen molar-refractivity contribution >= 4 is 11.6 Å². The number of halogens is 1. The van der Waals surface area contributed by atoms with Crippen molar-refractivity contribution in [1.29, 1.82) is 0 Å². The topological polar surface area (TPSA) is 41.5 Å². The second kappa shape index (κ2) is 5.71. The largest absolute Gasteiger partial charge is 0.493 e. The first kappa shape index (κ1) is 12.7. The van der Waals surface area contributed by atoms with Crippen LogP contribution >= 0.6 is 11.6 Å². The minimum absolute atomic E-state index is 0.289. The molecule has 1 aliphatic heterocycles. The number of fused-ring (bicyclic) bond motifs is 1. The highest BCUT2D eigenvalue weighted by Gasteiger charge is 2.17. The summed E-state index contributed by atoms with van der Waals surface area (Å²) in [5.41, 5.74) is 2.26. The molecule has 4 heteroatoms. The van der Waals surface area contributed by atoms with Crippen LogP contribution in [-0.2, 0) is 13.0 Å². The Morgan fingerprint density at radius 1 is 1.53 bits per heavy atom. The number of rotatable bonds is 5. The van der Waals surface area contributed by atoms with Crippen molar-refractivity contribution in [3.8, 4) is 5.75 Å². The van der Waals surface area contributed by atoms with Crippen LogP contribution < -0.4 is 10.1 Å². The molecule has 1 aliphatic rings. The standard InChI is InChI=1S/C13H18ClNO2/c1-2-12(16)8-15-7-10-6-11(14)5-9-3-4-17-13(9)10/h5-6,12,15-16H,2-4,7-8H2,1H3. The molecule has 1 aromatic rings. The van der Waals surface area contributed by atoms with Gasteiger partial charge in [0.25, 0.3) is 0 Å². The molecule has 1 aromatic carbocycles. The molecule has 0 amide bonds. The van der Waals surface area contributed by atoms with Gasteiger partial charge in [-0.2, -0.15) is 0 Å².